The summed E-state index contributed by atoms with van der Waals surface area (Å²) in [7, 11) is 0. The van der Waals surface area contributed by atoms with Gasteiger partial charge >= 0.3 is 0 Å². The molecular formula is C14H20O3. The Morgan fingerprint density at radius 1 is 1.47 bits per heavy atom. The molecule has 17 heavy (non-hydrogen) atoms. The van der Waals surface area contributed by atoms with Crippen LogP contribution < -0.4 is 4.74 Å². The molecule has 1 aromatic rings. The van der Waals surface area contributed by atoms with Crippen molar-refractivity contribution in [1.29, 1.82) is 0 Å². The van der Waals surface area contributed by atoms with E-state index in [0.29, 0.717) is 13.0 Å². The third kappa shape index (κ3) is 3.20. The Morgan fingerprint density at radius 2 is 2.29 bits per heavy atom. The van der Waals surface area contributed by atoms with Crippen molar-refractivity contribution < 1.29 is 14.6 Å². The van der Waals surface area contributed by atoms with Crippen molar-refractivity contribution in [2.75, 3.05) is 13.2 Å². The second-order valence-electron chi connectivity index (χ2n) is 4.41. The summed E-state index contributed by atoms with van der Waals surface area (Å²) in [5.41, 5.74) is 0.869. The molecule has 3 heteroatoms. The maximum atomic E-state index is 9.89. The minimum absolute atomic E-state index is 0.210. The van der Waals surface area contributed by atoms with E-state index in [1.807, 2.05) is 31.2 Å². The molecule has 2 rings (SSSR count). The predicted octanol–water partition coefficient (Wildman–Crippen LogP) is 2.69. The summed E-state index contributed by atoms with van der Waals surface area (Å²) in [6, 6.07) is 7.67. The van der Waals surface area contributed by atoms with Crippen molar-refractivity contribution in [3.63, 3.8) is 0 Å². The summed E-state index contributed by atoms with van der Waals surface area (Å²) in [5.74, 6) is 0.775. The fourth-order valence-corrected chi connectivity index (χ4v) is 2.07. The van der Waals surface area contributed by atoms with Crippen LogP contribution >= 0.6 is 0 Å². The number of benzene rings is 1. The van der Waals surface area contributed by atoms with Crippen LogP contribution in [-0.4, -0.2) is 24.4 Å². The van der Waals surface area contributed by atoms with Gasteiger partial charge in [0.15, 0.2) is 0 Å². The van der Waals surface area contributed by atoms with Gasteiger partial charge in [-0.1, -0.05) is 25.1 Å². The number of rotatable bonds is 5. The van der Waals surface area contributed by atoms with Crippen molar-refractivity contribution >= 4 is 0 Å². The monoisotopic (exact) mass is 236 g/mol. The molecule has 94 valence electrons. The maximum Gasteiger partial charge on any atom is 0.125 e. The van der Waals surface area contributed by atoms with Gasteiger partial charge < -0.3 is 14.6 Å². The highest BCUT2D eigenvalue weighted by molar-refractivity contribution is 5.35. The van der Waals surface area contributed by atoms with E-state index in [2.05, 4.69) is 0 Å². The highest BCUT2D eigenvalue weighted by Gasteiger charge is 2.17. The molecule has 0 amide bonds. The minimum atomic E-state index is -0.448. The van der Waals surface area contributed by atoms with Crippen LogP contribution in [0.4, 0.5) is 0 Å². The standard InChI is InChI=1S/C14H20O3/c1-2-13(15)12-7-3-4-8-14(12)17-10-11-6-5-9-16-11/h3-4,7-8,11,13,15H,2,5-6,9-10H2,1H3/t11?,13-/m0/s1. The molecule has 0 aliphatic carbocycles. The van der Waals surface area contributed by atoms with Crippen molar-refractivity contribution in [2.45, 2.75) is 38.4 Å². The summed E-state index contributed by atoms with van der Waals surface area (Å²) < 4.78 is 11.3. The molecule has 2 atom stereocenters. The van der Waals surface area contributed by atoms with Gasteiger partial charge in [-0.2, -0.15) is 0 Å². The molecule has 1 unspecified atom stereocenters. The van der Waals surface area contributed by atoms with Crippen LogP contribution in [0.3, 0.4) is 0 Å². The van der Waals surface area contributed by atoms with E-state index in [9.17, 15) is 5.11 Å². The number of para-hydroxylation sites is 1. The van der Waals surface area contributed by atoms with Crippen LogP contribution in [0, 0.1) is 0 Å². The van der Waals surface area contributed by atoms with Gasteiger partial charge in [0, 0.05) is 12.2 Å². The zero-order chi connectivity index (χ0) is 12.1. The molecule has 1 aliphatic heterocycles. The number of ether oxygens (including phenoxy) is 2. The number of aliphatic hydroxyl groups is 1. The van der Waals surface area contributed by atoms with Gasteiger partial charge in [-0.15, -0.1) is 0 Å². The fraction of sp³-hybridized carbons (Fsp3) is 0.571. The number of hydrogen-bond acceptors (Lipinski definition) is 3. The van der Waals surface area contributed by atoms with E-state index >= 15 is 0 Å². The van der Waals surface area contributed by atoms with E-state index in [1.165, 1.54) is 0 Å². The largest absolute Gasteiger partial charge is 0.490 e. The van der Waals surface area contributed by atoms with Crippen molar-refractivity contribution in [2.24, 2.45) is 0 Å². The Bertz CT molecular complexity index is 345. The SMILES string of the molecule is CC[C@H](O)c1ccccc1OCC1CCCO1. The molecule has 1 N–H and O–H groups in total. The van der Waals surface area contributed by atoms with E-state index in [0.717, 1.165) is 30.8 Å². The van der Waals surface area contributed by atoms with Crippen molar-refractivity contribution in [3.8, 4) is 5.75 Å². The Morgan fingerprint density at radius 3 is 3.00 bits per heavy atom. The molecule has 0 saturated carbocycles. The summed E-state index contributed by atoms with van der Waals surface area (Å²) in [5, 5.41) is 9.89. The third-order valence-electron chi connectivity index (χ3n) is 3.11. The summed E-state index contributed by atoms with van der Waals surface area (Å²) in [6.07, 6.45) is 2.64. The van der Waals surface area contributed by atoms with E-state index in [-0.39, 0.29) is 6.10 Å². The average molecular weight is 236 g/mol. The molecular weight excluding hydrogens is 216 g/mol. The molecule has 0 bridgehead atoms. The average Bonchev–Trinajstić information content (AvgIpc) is 2.89. The lowest BCUT2D eigenvalue weighted by Crippen LogP contribution is -2.17. The zero-order valence-electron chi connectivity index (χ0n) is 10.3. The Hall–Kier alpha value is -1.06. The van der Waals surface area contributed by atoms with E-state index in [4.69, 9.17) is 9.47 Å². The van der Waals surface area contributed by atoms with Gasteiger partial charge in [-0.25, -0.2) is 0 Å². The van der Waals surface area contributed by atoms with E-state index in [1.54, 1.807) is 0 Å². The first-order valence-corrected chi connectivity index (χ1v) is 6.32. The maximum absolute atomic E-state index is 9.89. The molecule has 3 nitrogen and oxygen atoms in total. The van der Waals surface area contributed by atoms with Gasteiger partial charge in [0.1, 0.15) is 12.4 Å². The normalized spacial score (nSPS) is 21.4. The quantitative estimate of drug-likeness (QED) is 0.854. The van der Waals surface area contributed by atoms with Gasteiger partial charge in [0.25, 0.3) is 0 Å². The Labute approximate surface area is 102 Å². The Kier molecular flexibility index (Phi) is 4.40. The molecule has 1 fully saturated rings. The second-order valence-corrected chi connectivity index (χ2v) is 4.41. The lowest BCUT2D eigenvalue weighted by molar-refractivity contribution is 0.0660. The number of hydrogen-bond donors (Lipinski definition) is 1. The highest BCUT2D eigenvalue weighted by atomic mass is 16.5. The molecule has 1 heterocycles. The molecule has 1 aromatic carbocycles. The van der Waals surface area contributed by atoms with Gasteiger partial charge in [-0.05, 0) is 25.3 Å². The topological polar surface area (TPSA) is 38.7 Å². The predicted molar refractivity (Wildman–Crippen MR) is 66.2 cm³/mol. The van der Waals surface area contributed by atoms with E-state index < -0.39 is 6.10 Å². The first kappa shape index (κ1) is 12.4. The molecule has 1 aliphatic rings. The van der Waals surface area contributed by atoms with Crippen molar-refractivity contribution in [1.82, 2.24) is 0 Å². The molecule has 1 saturated heterocycles. The van der Waals surface area contributed by atoms with Crippen LogP contribution in [-0.2, 0) is 4.74 Å². The van der Waals surface area contributed by atoms with Gasteiger partial charge in [-0.3, -0.25) is 0 Å². The lowest BCUT2D eigenvalue weighted by Gasteiger charge is -2.16. The third-order valence-corrected chi connectivity index (χ3v) is 3.11. The highest BCUT2D eigenvalue weighted by Crippen LogP contribution is 2.27. The molecule has 0 radical (unpaired) electrons. The first-order chi connectivity index (χ1) is 8.31. The zero-order valence-corrected chi connectivity index (χ0v) is 10.3. The number of aliphatic hydroxyl groups excluding tert-OH is 1. The van der Waals surface area contributed by atoms with Crippen LogP contribution in [0.2, 0.25) is 0 Å². The molecule has 0 aromatic heterocycles. The summed E-state index contributed by atoms with van der Waals surface area (Å²) in [6.45, 7) is 3.38. The van der Waals surface area contributed by atoms with Crippen LogP contribution in [0.15, 0.2) is 24.3 Å². The molecule has 0 spiro atoms. The smallest absolute Gasteiger partial charge is 0.125 e. The minimum Gasteiger partial charge on any atom is -0.490 e. The Balaban J connectivity index is 1.98. The fourth-order valence-electron chi connectivity index (χ4n) is 2.07. The lowest BCUT2D eigenvalue weighted by atomic mass is 10.1. The second kappa shape index (κ2) is 6.03. The van der Waals surface area contributed by atoms with Gasteiger partial charge in [0.05, 0.1) is 12.2 Å². The summed E-state index contributed by atoms with van der Waals surface area (Å²) >= 11 is 0. The van der Waals surface area contributed by atoms with Crippen LogP contribution in [0.5, 0.6) is 5.75 Å². The van der Waals surface area contributed by atoms with Gasteiger partial charge in [0.2, 0.25) is 0 Å². The van der Waals surface area contributed by atoms with Crippen LogP contribution in [0.1, 0.15) is 37.9 Å². The van der Waals surface area contributed by atoms with Crippen molar-refractivity contribution in [3.05, 3.63) is 29.8 Å². The van der Waals surface area contributed by atoms with Crippen LogP contribution in [0.25, 0.3) is 0 Å². The summed E-state index contributed by atoms with van der Waals surface area (Å²) in [4.78, 5) is 0. The first-order valence-electron chi connectivity index (χ1n) is 6.32.